The summed E-state index contributed by atoms with van der Waals surface area (Å²) in [6, 6.07) is 5.67. The van der Waals surface area contributed by atoms with Crippen LogP contribution in [0.4, 0.5) is 10.6 Å². The first-order valence-corrected chi connectivity index (χ1v) is 8.37. The second-order valence-electron chi connectivity index (χ2n) is 7.22. The maximum absolute atomic E-state index is 12.5. The van der Waals surface area contributed by atoms with E-state index < -0.39 is 5.60 Å². The Bertz CT molecular complexity index is 618. The molecule has 1 aromatic heterocycles. The molecule has 0 radical (unpaired) electrons. The van der Waals surface area contributed by atoms with E-state index in [4.69, 9.17) is 10.00 Å². The molecule has 24 heavy (non-hydrogen) atoms. The molecule has 1 amide bonds. The highest BCUT2D eigenvalue weighted by Crippen LogP contribution is 2.22. The number of nitrogens with zero attached hydrogens (tertiary/aromatic N) is 4. The van der Waals surface area contributed by atoms with E-state index in [0.717, 1.165) is 31.6 Å². The number of rotatable bonds is 3. The topological polar surface area (TPSA) is 69.5 Å². The van der Waals surface area contributed by atoms with E-state index in [0.29, 0.717) is 12.1 Å². The van der Waals surface area contributed by atoms with Crippen LogP contribution in [0.25, 0.3) is 0 Å². The number of nitriles is 1. The van der Waals surface area contributed by atoms with E-state index in [2.05, 4.69) is 11.1 Å². The highest BCUT2D eigenvalue weighted by atomic mass is 16.6. The molecule has 0 saturated carbocycles. The molecule has 1 aromatic rings. The van der Waals surface area contributed by atoms with Crippen LogP contribution in [0.15, 0.2) is 18.3 Å². The first kappa shape index (κ1) is 18.1. The molecular weight excluding hydrogens is 304 g/mol. The van der Waals surface area contributed by atoms with Gasteiger partial charge in [-0.2, -0.15) is 5.26 Å². The highest BCUT2D eigenvalue weighted by molar-refractivity contribution is 5.68. The predicted octanol–water partition coefficient (Wildman–Crippen LogP) is 3.18. The van der Waals surface area contributed by atoms with E-state index in [-0.39, 0.29) is 12.1 Å². The average Bonchev–Trinajstić information content (AvgIpc) is 2.53. The number of pyridine rings is 1. The van der Waals surface area contributed by atoms with Gasteiger partial charge >= 0.3 is 6.09 Å². The molecule has 6 heteroatoms. The Morgan fingerprint density at radius 1 is 1.50 bits per heavy atom. The van der Waals surface area contributed by atoms with Crippen LogP contribution in [0.3, 0.4) is 0 Å². The van der Waals surface area contributed by atoms with E-state index in [1.54, 1.807) is 18.3 Å². The van der Waals surface area contributed by atoms with Gasteiger partial charge in [0.25, 0.3) is 0 Å². The molecule has 0 spiro atoms. The summed E-state index contributed by atoms with van der Waals surface area (Å²) in [7, 11) is 1.94. The van der Waals surface area contributed by atoms with Gasteiger partial charge in [0, 0.05) is 26.3 Å². The average molecular weight is 330 g/mol. The summed E-state index contributed by atoms with van der Waals surface area (Å²) in [5.74, 6) is 0.740. The number of piperidine rings is 1. The van der Waals surface area contributed by atoms with Crippen molar-refractivity contribution in [1.29, 1.82) is 5.26 Å². The molecule has 0 N–H and O–H groups in total. The van der Waals surface area contributed by atoms with Crippen LogP contribution < -0.4 is 4.90 Å². The van der Waals surface area contributed by atoms with Crippen molar-refractivity contribution < 1.29 is 9.53 Å². The van der Waals surface area contributed by atoms with Crippen molar-refractivity contribution in [2.75, 3.05) is 25.0 Å². The molecule has 1 aliphatic heterocycles. The molecule has 2 heterocycles. The zero-order valence-corrected chi connectivity index (χ0v) is 15.0. The lowest BCUT2D eigenvalue weighted by Gasteiger charge is -2.38. The van der Waals surface area contributed by atoms with Gasteiger partial charge in [0.15, 0.2) is 0 Å². The van der Waals surface area contributed by atoms with Crippen molar-refractivity contribution >= 4 is 11.9 Å². The maximum atomic E-state index is 12.5. The number of carbonyl (C=O) groups excluding carboxylic acids is 1. The molecule has 1 saturated heterocycles. The third kappa shape index (κ3) is 4.85. The van der Waals surface area contributed by atoms with Crippen molar-refractivity contribution in [3.05, 3.63) is 23.9 Å². The number of carbonyl (C=O) groups is 1. The second kappa shape index (κ2) is 7.52. The number of likely N-dealkylation sites (N-methyl/N-ethyl adjacent to an activating group) is 1. The van der Waals surface area contributed by atoms with E-state index in [1.807, 2.05) is 37.6 Å². The van der Waals surface area contributed by atoms with Crippen molar-refractivity contribution in [2.24, 2.45) is 0 Å². The normalized spacial score (nSPS) is 18.0. The molecule has 6 nitrogen and oxygen atoms in total. The summed E-state index contributed by atoms with van der Waals surface area (Å²) >= 11 is 0. The third-order valence-electron chi connectivity index (χ3n) is 4.01. The number of hydrogen-bond donors (Lipinski definition) is 0. The lowest BCUT2D eigenvalue weighted by atomic mass is 10.0. The Labute approximate surface area is 144 Å². The van der Waals surface area contributed by atoms with Crippen molar-refractivity contribution in [3.63, 3.8) is 0 Å². The molecule has 130 valence electrons. The van der Waals surface area contributed by atoms with Crippen LogP contribution in [0, 0.1) is 11.3 Å². The van der Waals surface area contributed by atoms with E-state index >= 15 is 0 Å². The Morgan fingerprint density at radius 2 is 2.25 bits per heavy atom. The zero-order valence-electron chi connectivity index (χ0n) is 15.0. The minimum absolute atomic E-state index is 0.0890. The van der Waals surface area contributed by atoms with Crippen LogP contribution >= 0.6 is 0 Å². The Kier molecular flexibility index (Phi) is 5.66. The first-order valence-electron chi connectivity index (χ1n) is 8.37. The summed E-state index contributed by atoms with van der Waals surface area (Å²) in [4.78, 5) is 20.6. The smallest absolute Gasteiger partial charge is 0.410 e. The quantitative estimate of drug-likeness (QED) is 0.851. The Hall–Kier alpha value is -2.29. The molecule has 0 unspecified atom stereocenters. The minimum atomic E-state index is -0.492. The van der Waals surface area contributed by atoms with Crippen molar-refractivity contribution in [2.45, 2.75) is 51.7 Å². The van der Waals surface area contributed by atoms with Crippen LogP contribution in [0.2, 0.25) is 0 Å². The Morgan fingerprint density at radius 3 is 2.92 bits per heavy atom. The Balaban J connectivity index is 2.07. The minimum Gasteiger partial charge on any atom is -0.444 e. The van der Waals surface area contributed by atoms with Crippen LogP contribution in [-0.4, -0.2) is 47.8 Å². The fraction of sp³-hybridized carbons (Fsp3) is 0.611. The van der Waals surface area contributed by atoms with Gasteiger partial charge in [-0.25, -0.2) is 9.78 Å². The molecule has 0 aliphatic carbocycles. The van der Waals surface area contributed by atoms with Crippen LogP contribution in [-0.2, 0) is 4.74 Å². The van der Waals surface area contributed by atoms with Gasteiger partial charge in [0.2, 0.25) is 0 Å². The summed E-state index contributed by atoms with van der Waals surface area (Å²) in [5.41, 5.74) is 0.0905. The fourth-order valence-corrected chi connectivity index (χ4v) is 2.86. The molecule has 2 rings (SSSR count). The molecular formula is C18H26N4O2. The third-order valence-corrected chi connectivity index (χ3v) is 4.01. The van der Waals surface area contributed by atoms with Gasteiger partial charge in [-0.3, -0.25) is 0 Å². The maximum Gasteiger partial charge on any atom is 0.410 e. The summed E-state index contributed by atoms with van der Waals surface area (Å²) in [5, 5.41) is 9.02. The van der Waals surface area contributed by atoms with Crippen molar-refractivity contribution in [1.82, 2.24) is 9.88 Å². The molecule has 1 aliphatic rings. The van der Waals surface area contributed by atoms with Gasteiger partial charge in [0.05, 0.1) is 17.7 Å². The molecule has 0 aromatic carbocycles. The standard InChI is InChI=1S/C18H26N4O2/c1-18(2,3)24-17(23)22-10-6-5-7-15(22)13-21(4)16-11-14(12-19)8-9-20-16/h8-9,11,15H,5-7,10,13H2,1-4H3/t15-/m0/s1. The number of anilines is 1. The SMILES string of the molecule is CN(C[C@@H]1CCCCN1C(=O)OC(C)(C)C)c1cc(C#N)ccn1. The predicted molar refractivity (Wildman–Crippen MR) is 92.8 cm³/mol. The summed E-state index contributed by atoms with van der Waals surface area (Å²) in [6.45, 7) is 7.04. The van der Waals surface area contributed by atoms with Gasteiger partial charge in [-0.15, -0.1) is 0 Å². The monoisotopic (exact) mass is 330 g/mol. The molecule has 0 bridgehead atoms. The van der Waals surface area contributed by atoms with E-state index in [9.17, 15) is 4.79 Å². The largest absolute Gasteiger partial charge is 0.444 e. The van der Waals surface area contributed by atoms with Crippen LogP contribution in [0.1, 0.15) is 45.6 Å². The first-order chi connectivity index (χ1) is 11.3. The van der Waals surface area contributed by atoms with Crippen molar-refractivity contribution in [3.8, 4) is 6.07 Å². The number of aromatic nitrogens is 1. The summed E-state index contributed by atoms with van der Waals surface area (Å²) < 4.78 is 5.54. The molecule has 1 fully saturated rings. The van der Waals surface area contributed by atoms with Gasteiger partial charge in [0.1, 0.15) is 11.4 Å². The second-order valence-corrected chi connectivity index (χ2v) is 7.22. The highest BCUT2D eigenvalue weighted by Gasteiger charge is 2.31. The zero-order chi connectivity index (χ0) is 17.7. The number of amides is 1. The molecule has 1 atom stereocenters. The van der Waals surface area contributed by atoms with Gasteiger partial charge in [-0.1, -0.05) is 0 Å². The number of likely N-dealkylation sites (tertiary alicyclic amines) is 1. The lowest BCUT2D eigenvalue weighted by Crippen LogP contribution is -2.50. The van der Waals surface area contributed by atoms with Crippen LogP contribution in [0.5, 0.6) is 0 Å². The lowest BCUT2D eigenvalue weighted by molar-refractivity contribution is 0.0108. The summed E-state index contributed by atoms with van der Waals surface area (Å²) in [6.07, 6.45) is 4.43. The fourth-order valence-electron chi connectivity index (χ4n) is 2.86. The number of ether oxygens (including phenoxy) is 1. The van der Waals surface area contributed by atoms with Gasteiger partial charge in [-0.05, 0) is 52.2 Å². The number of hydrogen-bond acceptors (Lipinski definition) is 5. The van der Waals surface area contributed by atoms with E-state index in [1.165, 1.54) is 0 Å². The van der Waals surface area contributed by atoms with Gasteiger partial charge < -0.3 is 14.5 Å².